The zero-order chi connectivity index (χ0) is 10.8. The van der Waals surface area contributed by atoms with Crippen molar-refractivity contribution < 1.29 is 4.42 Å². The van der Waals surface area contributed by atoms with Crippen molar-refractivity contribution in [2.75, 3.05) is 0 Å². The van der Waals surface area contributed by atoms with Gasteiger partial charge in [0.25, 0.3) is 0 Å². The summed E-state index contributed by atoms with van der Waals surface area (Å²) in [7, 11) is 0. The Balaban J connectivity index is 2.36. The molecule has 2 aromatic rings. The maximum atomic E-state index is 5.89. The fraction of sp³-hybridized carbons (Fsp3) is 0.200. The predicted octanol–water partition coefficient (Wildman–Crippen LogP) is 2.86. The Labute approximate surface area is 96.8 Å². The van der Waals surface area contributed by atoms with Gasteiger partial charge in [-0.3, -0.25) is 5.84 Å². The van der Waals surface area contributed by atoms with Crippen molar-refractivity contribution in [2.24, 2.45) is 5.84 Å². The van der Waals surface area contributed by atoms with Gasteiger partial charge in [-0.1, -0.05) is 11.6 Å². The molecule has 2 rings (SSSR count). The Morgan fingerprint density at radius 3 is 2.73 bits per heavy atom. The molecule has 0 bridgehead atoms. The minimum atomic E-state index is -0.0544. The molecule has 0 amide bonds. The van der Waals surface area contributed by atoms with E-state index >= 15 is 0 Å². The van der Waals surface area contributed by atoms with E-state index in [1.54, 1.807) is 6.26 Å². The van der Waals surface area contributed by atoms with Gasteiger partial charge in [0.05, 0.1) is 16.6 Å². The van der Waals surface area contributed by atoms with Crippen molar-refractivity contribution >= 4 is 22.9 Å². The number of aryl methyl sites for hydroxylation is 1. The molecular formula is C10H11ClN2OS. The maximum absolute atomic E-state index is 5.89. The van der Waals surface area contributed by atoms with Crippen LogP contribution in [-0.4, -0.2) is 0 Å². The standard InChI is InChI=1S/C10H11ClN2OS/c1-6-7(4-5-14-6)10(13-12)8-2-3-9(11)15-8/h2-5,10,13H,12H2,1H3. The smallest absolute Gasteiger partial charge is 0.105 e. The summed E-state index contributed by atoms with van der Waals surface area (Å²) in [6, 6.07) is 5.68. The quantitative estimate of drug-likeness (QED) is 0.643. The largest absolute Gasteiger partial charge is 0.469 e. The highest BCUT2D eigenvalue weighted by Gasteiger charge is 2.18. The summed E-state index contributed by atoms with van der Waals surface area (Å²) in [5, 5.41) is 0. The van der Waals surface area contributed by atoms with Gasteiger partial charge >= 0.3 is 0 Å². The Kier molecular flexibility index (Phi) is 3.11. The topological polar surface area (TPSA) is 51.2 Å². The molecule has 1 unspecified atom stereocenters. The van der Waals surface area contributed by atoms with Gasteiger partial charge in [-0.25, -0.2) is 5.43 Å². The highest BCUT2D eigenvalue weighted by atomic mass is 35.5. The summed E-state index contributed by atoms with van der Waals surface area (Å²) in [4.78, 5) is 1.08. The number of hydrazine groups is 1. The molecule has 3 N–H and O–H groups in total. The van der Waals surface area contributed by atoms with Gasteiger partial charge in [0.1, 0.15) is 5.76 Å². The molecule has 0 aliphatic carbocycles. The van der Waals surface area contributed by atoms with Crippen LogP contribution in [0.2, 0.25) is 4.34 Å². The normalized spacial score (nSPS) is 13.0. The summed E-state index contributed by atoms with van der Waals surface area (Å²) in [6.07, 6.45) is 1.66. The van der Waals surface area contributed by atoms with E-state index in [0.717, 1.165) is 20.5 Å². The van der Waals surface area contributed by atoms with Gasteiger partial charge in [0.2, 0.25) is 0 Å². The summed E-state index contributed by atoms with van der Waals surface area (Å²) >= 11 is 7.40. The number of halogens is 1. The second-order valence-electron chi connectivity index (χ2n) is 3.17. The van der Waals surface area contributed by atoms with E-state index in [1.807, 2.05) is 25.1 Å². The third-order valence-electron chi connectivity index (χ3n) is 2.26. The Morgan fingerprint density at radius 1 is 1.47 bits per heavy atom. The molecule has 0 aliphatic rings. The molecule has 0 fully saturated rings. The average Bonchev–Trinajstić information content (AvgIpc) is 2.79. The van der Waals surface area contributed by atoms with Crippen LogP contribution in [0, 0.1) is 6.92 Å². The molecule has 0 aliphatic heterocycles. The first kappa shape index (κ1) is 10.7. The van der Waals surface area contributed by atoms with E-state index in [2.05, 4.69) is 5.43 Å². The number of nitrogens with one attached hydrogen (secondary N) is 1. The molecular weight excluding hydrogens is 232 g/mol. The Morgan fingerprint density at radius 2 is 2.27 bits per heavy atom. The predicted molar refractivity (Wildman–Crippen MR) is 61.9 cm³/mol. The fourth-order valence-electron chi connectivity index (χ4n) is 1.50. The van der Waals surface area contributed by atoms with Gasteiger partial charge in [-0.2, -0.15) is 0 Å². The van der Waals surface area contributed by atoms with Gasteiger partial charge in [0, 0.05) is 10.4 Å². The lowest BCUT2D eigenvalue weighted by Crippen LogP contribution is -2.28. The molecule has 1 atom stereocenters. The monoisotopic (exact) mass is 242 g/mol. The van der Waals surface area contributed by atoms with Crippen molar-refractivity contribution in [3.63, 3.8) is 0 Å². The summed E-state index contributed by atoms with van der Waals surface area (Å²) in [6.45, 7) is 1.91. The van der Waals surface area contributed by atoms with Crippen molar-refractivity contribution in [1.29, 1.82) is 0 Å². The third-order valence-corrected chi connectivity index (χ3v) is 3.55. The van der Waals surface area contributed by atoms with Crippen molar-refractivity contribution in [2.45, 2.75) is 13.0 Å². The number of nitrogens with two attached hydrogens (primary N) is 1. The first-order chi connectivity index (χ1) is 7.22. The molecule has 0 saturated heterocycles. The van der Waals surface area contributed by atoms with Gasteiger partial charge in [0.15, 0.2) is 0 Å². The van der Waals surface area contributed by atoms with Crippen LogP contribution >= 0.6 is 22.9 Å². The first-order valence-electron chi connectivity index (χ1n) is 4.47. The van der Waals surface area contributed by atoms with Gasteiger partial charge in [-0.05, 0) is 25.1 Å². The molecule has 0 saturated carbocycles. The van der Waals surface area contributed by atoms with E-state index in [-0.39, 0.29) is 6.04 Å². The van der Waals surface area contributed by atoms with E-state index < -0.39 is 0 Å². The van der Waals surface area contributed by atoms with Crippen LogP contribution in [-0.2, 0) is 0 Å². The lowest BCUT2D eigenvalue weighted by atomic mass is 10.1. The van der Waals surface area contributed by atoms with Crippen LogP contribution in [0.1, 0.15) is 22.2 Å². The summed E-state index contributed by atoms with van der Waals surface area (Å²) < 4.78 is 6.01. The second kappa shape index (κ2) is 4.37. The van der Waals surface area contributed by atoms with E-state index in [9.17, 15) is 0 Å². The fourth-order valence-corrected chi connectivity index (χ4v) is 2.64. The zero-order valence-corrected chi connectivity index (χ0v) is 9.73. The van der Waals surface area contributed by atoms with Crippen molar-refractivity contribution in [3.05, 3.63) is 45.0 Å². The van der Waals surface area contributed by atoms with E-state index in [1.165, 1.54) is 11.3 Å². The number of furan rings is 1. The van der Waals surface area contributed by atoms with Crippen LogP contribution in [0.25, 0.3) is 0 Å². The molecule has 0 aromatic carbocycles. The van der Waals surface area contributed by atoms with E-state index in [0.29, 0.717) is 0 Å². The van der Waals surface area contributed by atoms with Crippen LogP contribution in [0.3, 0.4) is 0 Å². The van der Waals surface area contributed by atoms with Crippen LogP contribution in [0.4, 0.5) is 0 Å². The lowest BCUT2D eigenvalue weighted by molar-refractivity contribution is 0.521. The molecule has 2 heterocycles. The summed E-state index contributed by atoms with van der Waals surface area (Å²) in [5.41, 5.74) is 3.80. The number of hydrogen-bond acceptors (Lipinski definition) is 4. The number of rotatable bonds is 3. The zero-order valence-electron chi connectivity index (χ0n) is 8.16. The average molecular weight is 243 g/mol. The molecule has 2 aromatic heterocycles. The van der Waals surface area contributed by atoms with Crippen molar-refractivity contribution in [1.82, 2.24) is 5.43 Å². The lowest BCUT2D eigenvalue weighted by Gasteiger charge is -2.12. The minimum Gasteiger partial charge on any atom is -0.469 e. The van der Waals surface area contributed by atoms with Crippen LogP contribution in [0.15, 0.2) is 28.9 Å². The number of hydrogen-bond donors (Lipinski definition) is 2. The molecule has 0 spiro atoms. The Hall–Kier alpha value is -0.810. The molecule has 80 valence electrons. The van der Waals surface area contributed by atoms with Gasteiger partial charge < -0.3 is 4.42 Å². The first-order valence-corrected chi connectivity index (χ1v) is 5.67. The Bertz CT molecular complexity index is 452. The highest BCUT2D eigenvalue weighted by Crippen LogP contribution is 2.32. The minimum absolute atomic E-state index is 0.0544. The summed E-state index contributed by atoms with van der Waals surface area (Å²) in [5.74, 6) is 6.41. The third kappa shape index (κ3) is 2.08. The number of thiophene rings is 1. The highest BCUT2D eigenvalue weighted by molar-refractivity contribution is 7.16. The SMILES string of the molecule is Cc1occc1C(NN)c1ccc(Cl)s1. The van der Waals surface area contributed by atoms with Gasteiger partial charge in [-0.15, -0.1) is 11.3 Å². The second-order valence-corrected chi connectivity index (χ2v) is 4.92. The van der Waals surface area contributed by atoms with Crippen LogP contribution in [0.5, 0.6) is 0 Å². The maximum Gasteiger partial charge on any atom is 0.105 e. The molecule has 3 nitrogen and oxygen atoms in total. The van der Waals surface area contributed by atoms with Crippen molar-refractivity contribution in [3.8, 4) is 0 Å². The molecule has 15 heavy (non-hydrogen) atoms. The van der Waals surface area contributed by atoms with E-state index in [4.69, 9.17) is 21.9 Å². The molecule has 5 heteroatoms. The molecule has 0 radical (unpaired) electrons. The van der Waals surface area contributed by atoms with Crippen LogP contribution < -0.4 is 11.3 Å².